The van der Waals surface area contributed by atoms with Crippen molar-refractivity contribution in [2.24, 2.45) is 0 Å². The van der Waals surface area contributed by atoms with Gasteiger partial charge in [-0.3, -0.25) is 8.61 Å². The minimum atomic E-state index is -3.70. The van der Waals surface area contributed by atoms with Crippen molar-refractivity contribution in [2.45, 2.75) is 23.6 Å². The van der Waals surface area contributed by atoms with E-state index < -0.39 is 20.0 Å². The van der Waals surface area contributed by atoms with Crippen molar-refractivity contribution in [1.29, 1.82) is 0 Å². The molecule has 1 heterocycles. The van der Waals surface area contributed by atoms with Gasteiger partial charge in [-0.15, -0.1) is 0 Å². The van der Waals surface area contributed by atoms with E-state index in [0.717, 1.165) is 11.1 Å². The molecule has 0 aromatic heterocycles. The van der Waals surface area contributed by atoms with Gasteiger partial charge in [0.1, 0.15) is 0 Å². The van der Waals surface area contributed by atoms with E-state index in [-0.39, 0.29) is 22.9 Å². The number of hydrogen-bond donors (Lipinski definition) is 0. The summed E-state index contributed by atoms with van der Waals surface area (Å²) >= 11 is 0. The summed E-state index contributed by atoms with van der Waals surface area (Å²) in [5, 5.41) is 0. The maximum Gasteiger partial charge on any atom is 0.264 e. The monoisotopic (exact) mass is 418 g/mol. The average Bonchev–Trinajstić information content (AvgIpc) is 2.62. The number of rotatable bonds is 4. The minimum absolute atomic E-state index is 0.0344. The first-order valence-corrected chi connectivity index (χ1v) is 11.6. The molecule has 0 bridgehead atoms. The summed E-state index contributed by atoms with van der Waals surface area (Å²) in [5.74, 6) is 0. The van der Waals surface area contributed by atoms with E-state index in [1.807, 2.05) is 13.8 Å². The highest BCUT2D eigenvalue weighted by Gasteiger charge is 2.24. The van der Waals surface area contributed by atoms with E-state index >= 15 is 0 Å². The average molecular weight is 419 g/mol. The van der Waals surface area contributed by atoms with Crippen LogP contribution in [0.25, 0.3) is 0 Å². The molecule has 0 saturated heterocycles. The smallest absolute Gasteiger partial charge is 0.264 e. The van der Waals surface area contributed by atoms with Crippen molar-refractivity contribution >= 4 is 20.0 Å². The zero-order valence-electron chi connectivity index (χ0n) is 15.7. The van der Waals surface area contributed by atoms with Crippen molar-refractivity contribution in [2.75, 3.05) is 13.1 Å². The van der Waals surface area contributed by atoms with E-state index in [0.29, 0.717) is 0 Å². The fourth-order valence-corrected chi connectivity index (χ4v) is 5.27. The molecule has 6 nitrogen and oxygen atoms in total. The Labute approximate surface area is 166 Å². The van der Waals surface area contributed by atoms with Crippen LogP contribution in [0, 0.1) is 13.8 Å². The van der Waals surface area contributed by atoms with Crippen LogP contribution in [0.3, 0.4) is 0 Å². The summed E-state index contributed by atoms with van der Waals surface area (Å²) < 4.78 is 53.6. The van der Waals surface area contributed by atoms with Crippen LogP contribution < -0.4 is 0 Å². The third kappa shape index (κ3) is 4.13. The lowest BCUT2D eigenvalue weighted by Gasteiger charge is -2.24. The van der Waals surface area contributed by atoms with E-state index in [1.165, 1.54) is 33.2 Å². The Bertz CT molecular complexity index is 1010. The Balaban J connectivity index is 1.82. The maximum atomic E-state index is 12.8. The summed E-state index contributed by atoms with van der Waals surface area (Å²) in [4.78, 5) is 0.390. The van der Waals surface area contributed by atoms with E-state index in [2.05, 4.69) is 0 Å². The molecule has 148 valence electrons. The molecular weight excluding hydrogens is 396 g/mol. The molecule has 0 aliphatic carbocycles. The minimum Gasteiger partial charge on any atom is -0.270 e. The van der Waals surface area contributed by atoms with Gasteiger partial charge in [-0.2, -0.15) is 0 Å². The highest BCUT2D eigenvalue weighted by Crippen LogP contribution is 2.20. The zero-order chi connectivity index (χ0) is 20.4. The maximum absolute atomic E-state index is 12.8. The van der Waals surface area contributed by atoms with Crippen LogP contribution >= 0.6 is 0 Å². The van der Waals surface area contributed by atoms with E-state index in [4.69, 9.17) is 0 Å². The second kappa shape index (κ2) is 7.81. The molecule has 2 aromatic rings. The Kier molecular flexibility index (Phi) is 5.62. The van der Waals surface area contributed by atoms with Gasteiger partial charge in [0, 0.05) is 12.4 Å². The quantitative estimate of drug-likeness (QED) is 0.765. The van der Waals surface area contributed by atoms with Gasteiger partial charge in [0.15, 0.2) is 0 Å². The van der Waals surface area contributed by atoms with Gasteiger partial charge in [0.05, 0.1) is 22.9 Å². The Morgan fingerprint density at radius 1 is 0.607 bits per heavy atom. The number of hydrogen-bond acceptors (Lipinski definition) is 4. The predicted octanol–water partition coefficient (Wildman–Crippen LogP) is 3.03. The number of sulfonamides is 2. The number of nitrogens with zero attached hydrogens (tertiary/aromatic N) is 2. The van der Waals surface area contributed by atoms with Crippen molar-refractivity contribution in [1.82, 2.24) is 8.61 Å². The van der Waals surface area contributed by atoms with Gasteiger partial charge < -0.3 is 0 Å². The molecular formula is C20H22N2O4S2. The molecule has 0 amide bonds. The molecule has 28 heavy (non-hydrogen) atoms. The topological polar surface area (TPSA) is 74.8 Å². The van der Waals surface area contributed by atoms with Gasteiger partial charge in [0.25, 0.3) is 20.0 Å². The summed E-state index contributed by atoms with van der Waals surface area (Å²) in [6.45, 7) is 3.84. The molecule has 0 spiro atoms. The SMILES string of the molecule is Cc1ccc(S(=O)(=O)N2C=CCN(S(=O)(=O)c3ccc(C)cc3)/C=C/C2)cc1. The van der Waals surface area contributed by atoms with E-state index in [9.17, 15) is 16.8 Å². The number of aryl methyl sites for hydroxylation is 2. The molecule has 0 fully saturated rings. The van der Waals surface area contributed by atoms with Crippen LogP contribution in [0.2, 0.25) is 0 Å². The van der Waals surface area contributed by atoms with Crippen LogP contribution in [0.5, 0.6) is 0 Å². The molecule has 3 rings (SSSR count). The first-order valence-electron chi connectivity index (χ1n) is 8.71. The van der Waals surface area contributed by atoms with Crippen LogP contribution in [0.15, 0.2) is 82.9 Å². The van der Waals surface area contributed by atoms with Gasteiger partial charge in [-0.1, -0.05) is 35.4 Å². The van der Waals surface area contributed by atoms with Crippen molar-refractivity contribution in [3.8, 4) is 0 Å². The Hall–Kier alpha value is -2.58. The summed E-state index contributed by atoms with van der Waals surface area (Å²) in [6, 6.07) is 13.2. The molecule has 0 N–H and O–H groups in total. The van der Waals surface area contributed by atoms with Gasteiger partial charge in [0.2, 0.25) is 0 Å². The molecule has 0 unspecified atom stereocenters. The fraction of sp³-hybridized carbons (Fsp3) is 0.200. The fourth-order valence-electron chi connectivity index (χ4n) is 2.71. The molecule has 8 heteroatoms. The molecule has 0 radical (unpaired) electrons. The lowest BCUT2D eigenvalue weighted by Crippen LogP contribution is -2.31. The van der Waals surface area contributed by atoms with Crippen molar-refractivity contribution < 1.29 is 16.8 Å². The standard InChI is InChI=1S/C20H22N2O4S2/c1-17-5-9-19(10-6-17)27(23,24)21-13-3-15-22(16-4-14-21)28(25,26)20-11-7-18(2)8-12-20/h3-13,16H,14-15H2,1-2H3/b13-3+,16-4?. The van der Waals surface area contributed by atoms with Crippen molar-refractivity contribution in [3.63, 3.8) is 0 Å². The summed E-state index contributed by atoms with van der Waals surface area (Å²) in [7, 11) is -7.40. The van der Waals surface area contributed by atoms with E-state index in [1.54, 1.807) is 48.5 Å². The molecule has 0 saturated carbocycles. The highest BCUT2D eigenvalue weighted by molar-refractivity contribution is 7.89. The third-order valence-electron chi connectivity index (χ3n) is 4.37. The summed E-state index contributed by atoms with van der Waals surface area (Å²) in [6.07, 6.45) is 5.88. The summed E-state index contributed by atoms with van der Waals surface area (Å²) in [5.41, 5.74) is 1.94. The predicted molar refractivity (Wildman–Crippen MR) is 108 cm³/mol. The van der Waals surface area contributed by atoms with Gasteiger partial charge in [-0.25, -0.2) is 16.8 Å². The Morgan fingerprint density at radius 2 is 0.929 bits per heavy atom. The van der Waals surface area contributed by atoms with Crippen LogP contribution in [0.4, 0.5) is 0 Å². The lowest BCUT2D eigenvalue weighted by molar-refractivity contribution is 0.501. The highest BCUT2D eigenvalue weighted by atomic mass is 32.2. The first-order chi connectivity index (χ1) is 13.2. The van der Waals surface area contributed by atoms with Gasteiger partial charge >= 0.3 is 0 Å². The third-order valence-corrected chi connectivity index (χ3v) is 7.88. The van der Waals surface area contributed by atoms with Crippen molar-refractivity contribution in [3.05, 3.63) is 84.2 Å². The number of benzene rings is 2. The van der Waals surface area contributed by atoms with Crippen LogP contribution in [-0.2, 0) is 20.0 Å². The molecule has 1 aliphatic rings. The first kappa shape index (κ1) is 20.2. The molecule has 0 atom stereocenters. The van der Waals surface area contributed by atoms with Gasteiger partial charge in [-0.05, 0) is 50.3 Å². The molecule has 2 aromatic carbocycles. The largest absolute Gasteiger partial charge is 0.270 e. The molecule has 1 aliphatic heterocycles. The zero-order valence-corrected chi connectivity index (χ0v) is 17.3. The second-order valence-electron chi connectivity index (χ2n) is 6.55. The second-order valence-corrected chi connectivity index (χ2v) is 10.3. The van der Waals surface area contributed by atoms with Crippen LogP contribution in [0.1, 0.15) is 11.1 Å². The van der Waals surface area contributed by atoms with Crippen LogP contribution in [-0.4, -0.2) is 38.5 Å². The Morgan fingerprint density at radius 3 is 1.25 bits per heavy atom. The lowest BCUT2D eigenvalue weighted by atomic mass is 10.2. The normalized spacial score (nSPS) is 16.5.